The summed E-state index contributed by atoms with van der Waals surface area (Å²) in [5.74, 6) is 0. The normalized spacial score (nSPS) is 9.64. The van der Waals surface area contributed by atoms with E-state index in [1.807, 2.05) is 42.6 Å². The molecule has 1 aromatic heterocycles. The van der Waals surface area contributed by atoms with Crippen LogP contribution < -0.4 is 0 Å². The van der Waals surface area contributed by atoms with E-state index in [0.29, 0.717) is 0 Å². The first kappa shape index (κ1) is 8.92. The second-order valence-electron chi connectivity index (χ2n) is 2.65. The summed E-state index contributed by atoms with van der Waals surface area (Å²) < 4.78 is 1.43. The third-order valence-electron chi connectivity index (χ3n) is 1.72. The molecule has 0 amide bonds. The summed E-state index contributed by atoms with van der Waals surface area (Å²) in [6.45, 7) is 0. The van der Waals surface area contributed by atoms with E-state index in [4.69, 9.17) is 5.26 Å². The predicted octanol–water partition coefficient (Wildman–Crippen LogP) is 2.77. The summed E-state index contributed by atoms with van der Waals surface area (Å²) >= 11 is 1.55. The molecule has 2 aromatic rings. The van der Waals surface area contributed by atoms with Crippen molar-refractivity contribution in [2.45, 2.75) is 9.92 Å². The molecule has 1 aromatic carbocycles. The zero-order valence-electron chi connectivity index (χ0n) is 7.34. The summed E-state index contributed by atoms with van der Waals surface area (Å²) in [6, 6.07) is 13.6. The Hall–Kier alpha value is -1.66. The van der Waals surface area contributed by atoms with Gasteiger partial charge in [0.1, 0.15) is 0 Å². The number of benzene rings is 1. The minimum atomic E-state index is 0.888. The molecule has 1 heterocycles. The molecule has 2 nitrogen and oxygen atoms in total. The van der Waals surface area contributed by atoms with E-state index in [1.165, 1.54) is 4.57 Å². The molecule has 1 radical (unpaired) electrons. The van der Waals surface area contributed by atoms with Crippen molar-refractivity contribution in [3.05, 3.63) is 48.7 Å². The van der Waals surface area contributed by atoms with E-state index >= 15 is 0 Å². The average molecular weight is 199 g/mol. The largest absolute Gasteiger partial charge is 0.239 e. The van der Waals surface area contributed by atoms with Crippen LogP contribution in [0, 0.1) is 17.7 Å². The monoisotopic (exact) mass is 199 g/mol. The van der Waals surface area contributed by atoms with Crippen molar-refractivity contribution in [1.29, 1.82) is 5.26 Å². The summed E-state index contributed by atoms with van der Waals surface area (Å²) in [5.41, 5.74) is 0. The fraction of sp³-hybridized carbons (Fsp3) is 0. The Morgan fingerprint density at radius 3 is 2.71 bits per heavy atom. The molecule has 0 N–H and O–H groups in total. The first-order valence-electron chi connectivity index (χ1n) is 4.12. The van der Waals surface area contributed by atoms with Crippen LogP contribution in [0.4, 0.5) is 0 Å². The molecule has 0 aliphatic heterocycles. The van der Waals surface area contributed by atoms with E-state index in [1.54, 1.807) is 17.8 Å². The molecule has 0 atom stereocenters. The van der Waals surface area contributed by atoms with Gasteiger partial charge in [-0.25, -0.2) is 4.57 Å². The van der Waals surface area contributed by atoms with Crippen LogP contribution in [0.5, 0.6) is 0 Å². The van der Waals surface area contributed by atoms with Crippen molar-refractivity contribution < 1.29 is 0 Å². The number of hydrogen-bond acceptors (Lipinski definition) is 2. The second-order valence-corrected chi connectivity index (χ2v) is 3.75. The molecule has 0 bridgehead atoms. The zero-order chi connectivity index (χ0) is 9.80. The van der Waals surface area contributed by atoms with Crippen molar-refractivity contribution in [3.63, 3.8) is 0 Å². The van der Waals surface area contributed by atoms with Gasteiger partial charge >= 0.3 is 0 Å². The Labute approximate surface area is 86.8 Å². The number of nitrogens with zero attached hydrogens (tertiary/aromatic N) is 2. The molecule has 14 heavy (non-hydrogen) atoms. The molecule has 2 rings (SSSR count). The van der Waals surface area contributed by atoms with Crippen LogP contribution in [0.15, 0.2) is 52.4 Å². The minimum absolute atomic E-state index is 0.888. The highest BCUT2D eigenvalue weighted by Gasteiger charge is 2.01. The lowest BCUT2D eigenvalue weighted by Gasteiger charge is -1.99. The molecule has 67 valence electrons. The third kappa shape index (κ3) is 1.81. The summed E-state index contributed by atoms with van der Waals surface area (Å²) in [5, 5.41) is 9.64. The minimum Gasteiger partial charge on any atom is -0.239 e. The van der Waals surface area contributed by atoms with Gasteiger partial charge in [0.25, 0.3) is 0 Å². The number of rotatable bonds is 2. The quantitative estimate of drug-likeness (QED) is 0.744. The molecule has 3 heteroatoms. The van der Waals surface area contributed by atoms with Gasteiger partial charge < -0.3 is 0 Å². The molecule has 0 spiro atoms. The number of aromatic nitrogens is 1. The highest BCUT2D eigenvalue weighted by molar-refractivity contribution is 7.99. The third-order valence-corrected chi connectivity index (χ3v) is 2.75. The smallest absolute Gasteiger partial charge is 0.189 e. The maximum absolute atomic E-state index is 8.75. The molecule has 0 saturated heterocycles. The van der Waals surface area contributed by atoms with E-state index in [9.17, 15) is 0 Å². The van der Waals surface area contributed by atoms with Gasteiger partial charge in [0, 0.05) is 4.90 Å². The van der Waals surface area contributed by atoms with Gasteiger partial charge in [-0.05, 0) is 24.3 Å². The standard InChI is InChI=1S/C11H7N2S/c12-9-13-8-4-7-11(13)14-10-5-2-1-3-6-10/h1-7H. The van der Waals surface area contributed by atoms with Crippen LogP contribution >= 0.6 is 11.8 Å². The zero-order valence-corrected chi connectivity index (χ0v) is 8.16. The van der Waals surface area contributed by atoms with E-state index in [-0.39, 0.29) is 0 Å². The summed E-state index contributed by atoms with van der Waals surface area (Å²) in [6.07, 6.45) is 4.85. The Kier molecular flexibility index (Phi) is 2.57. The molecule has 0 aliphatic carbocycles. The van der Waals surface area contributed by atoms with Crippen molar-refractivity contribution >= 4 is 11.8 Å². The summed E-state index contributed by atoms with van der Waals surface area (Å²) in [7, 11) is 0. The SMILES string of the molecule is N#Cn1[c]ccc1Sc1ccccc1. The van der Waals surface area contributed by atoms with Gasteiger partial charge in [-0.1, -0.05) is 30.0 Å². The van der Waals surface area contributed by atoms with Gasteiger partial charge in [0.15, 0.2) is 6.19 Å². The van der Waals surface area contributed by atoms with Crippen LogP contribution in [-0.4, -0.2) is 4.57 Å². The molecule has 0 aliphatic rings. The van der Waals surface area contributed by atoms with Crippen LogP contribution in [0.3, 0.4) is 0 Å². The molecule has 0 saturated carbocycles. The average Bonchev–Trinajstić information content (AvgIpc) is 2.67. The fourth-order valence-electron chi connectivity index (χ4n) is 1.09. The molecule has 0 fully saturated rings. The van der Waals surface area contributed by atoms with Crippen molar-refractivity contribution in [2.24, 2.45) is 0 Å². The van der Waals surface area contributed by atoms with Crippen molar-refractivity contribution in [1.82, 2.24) is 4.57 Å². The predicted molar refractivity (Wildman–Crippen MR) is 54.8 cm³/mol. The Balaban J connectivity index is 2.24. The maximum atomic E-state index is 8.75. The van der Waals surface area contributed by atoms with Gasteiger partial charge in [-0.15, -0.1) is 0 Å². The lowest BCUT2D eigenvalue weighted by atomic mass is 10.4. The molecular weight excluding hydrogens is 192 g/mol. The Bertz CT molecular complexity index is 454. The Morgan fingerprint density at radius 2 is 2.00 bits per heavy atom. The molecular formula is C11H7N2S. The van der Waals surface area contributed by atoms with Crippen LogP contribution in [0.1, 0.15) is 0 Å². The van der Waals surface area contributed by atoms with Crippen LogP contribution in [0.25, 0.3) is 0 Å². The van der Waals surface area contributed by atoms with Crippen molar-refractivity contribution in [2.75, 3.05) is 0 Å². The van der Waals surface area contributed by atoms with Gasteiger partial charge in [0.05, 0.1) is 11.2 Å². The maximum Gasteiger partial charge on any atom is 0.189 e. The van der Waals surface area contributed by atoms with Crippen LogP contribution in [-0.2, 0) is 0 Å². The Morgan fingerprint density at radius 1 is 1.21 bits per heavy atom. The lowest BCUT2D eigenvalue weighted by molar-refractivity contribution is 0.967. The fourth-order valence-corrected chi connectivity index (χ4v) is 1.94. The number of nitriles is 1. The molecule has 0 unspecified atom stereocenters. The van der Waals surface area contributed by atoms with Crippen LogP contribution in [0.2, 0.25) is 0 Å². The van der Waals surface area contributed by atoms with E-state index in [2.05, 4.69) is 6.20 Å². The summed E-state index contributed by atoms with van der Waals surface area (Å²) in [4.78, 5) is 1.12. The van der Waals surface area contributed by atoms with Gasteiger partial charge in [-0.3, -0.25) is 0 Å². The topological polar surface area (TPSA) is 28.7 Å². The lowest BCUT2D eigenvalue weighted by Crippen LogP contribution is -1.86. The van der Waals surface area contributed by atoms with Gasteiger partial charge in [0.2, 0.25) is 0 Å². The van der Waals surface area contributed by atoms with E-state index in [0.717, 1.165) is 9.92 Å². The van der Waals surface area contributed by atoms with Gasteiger partial charge in [-0.2, -0.15) is 5.26 Å². The highest BCUT2D eigenvalue weighted by atomic mass is 32.2. The number of hydrogen-bond donors (Lipinski definition) is 0. The first-order chi connectivity index (χ1) is 6.90. The first-order valence-corrected chi connectivity index (χ1v) is 4.94. The van der Waals surface area contributed by atoms with Crippen molar-refractivity contribution in [3.8, 4) is 6.19 Å². The second kappa shape index (κ2) is 4.03. The van der Waals surface area contributed by atoms with E-state index < -0.39 is 0 Å². The highest BCUT2D eigenvalue weighted by Crippen LogP contribution is 2.26.